The van der Waals surface area contributed by atoms with Gasteiger partial charge in [-0.15, -0.1) is 11.6 Å². The molecule has 2 nitrogen and oxygen atoms in total. The Kier molecular flexibility index (Phi) is 3.59. The first-order valence-corrected chi connectivity index (χ1v) is 7.08. The van der Waals surface area contributed by atoms with Crippen molar-refractivity contribution >= 4 is 45.8 Å². The number of imidazole rings is 1. The van der Waals surface area contributed by atoms with Gasteiger partial charge in [0.1, 0.15) is 11.6 Å². The van der Waals surface area contributed by atoms with Gasteiger partial charge in [0.2, 0.25) is 0 Å². The second kappa shape index (κ2) is 5.24. The summed E-state index contributed by atoms with van der Waals surface area (Å²) in [6.45, 7) is 0. The average molecular weight is 330 g/mol. The fraction of sp³-hybridized carbons (Fsp3) is 0.0714. The maximum atomic E-state index is 13.3. The number of aromatic nitrogens is 2. The fourth-order valence-electron chi connectivity index (χ4n) is 2.16. The van der Waals surface area contributed by atoms with Gasteiger partial charge in [-0.25, -0.2) is 9.37 Å². The molecule has 0 unspecified atom stereocenters. The zero-order valence-corrected chi connectivity index (χ0v) is 12.3. The van der Waals surface area contributed by atoms with Gasteiger partial charge in [0.15, 0.2) is 0 Å². The summed E-state index contributed by atoms with van der Waals surface area (Å²) in [6, 6.07) is 9.95. The molecule has 1 heterocycles. The summed E-state index contributed by atoms with van der Waals surface area (Å²) in [7, 11) is 0. The molecule has 0 spiro atoms. The molecule has 0 aliphatic heterocycles. The van der Waals surface area contributed by atoms with Crippen LogP contribution in [0, 0.1) is 5.82 Å². The van der Waals surface area contributed by atoms with Crippen molar-refractivity contribution in [2.24, 2.45) is 0 Å². The Morgan fingerprint density at radius 1 is 1.10 bits per heavy atom. The van der Waals surface area contributed by atoms with E-state index in [-0.39, 0.29) is 15.9 Å². The summed E-state index contributed by atoms with van der Waals surface area (Å²) in [5.74, 6) is 0.308. The minimum Gasteiger partial charge on any atom is -0.292 e. The molecule has 0 saturated heterocycles. The van der Waals surface area contributed by atoms with E-state index in [0.29, 0.717) is 11.5 Å². The number of benzene rings is 2. The van der Waals surface area contributed by atoms with Crippen LogP contribution in [0.1, 0.15) is 5.82 Å². The maximum absolute atomic E-state index is 13.3. The average Bonchev–Trinajstić information content (AvgIpc) is 2.76. The Labute approximate surface area is 129 Å². The van der Waals surface area contributed by atoms with Gasteiger partial charge in [-0.2, -0.15) is 0 Å². The minimum absolute atomic E-state index is 0.193. The van der Waals surface area contributed by atoms with Crippen molar-refractivity contribution in [1.29, 1.82) is 0 Å². The second-order valence-corrected chi connectivity index (χ2v) is 5.29. The Balaban J connectivity index is 2.40. The van der Waals surface area contributed by atoms with E-state index in [9.17, 15) is 4.39 Å². The van der Waals surface area contributed by atoms with Crippen molar-refractivity contribution in [3.63, 3.8) is 0 Å². The van der Waals surface area contributed by atoms with Gasteiger partial charge in [-0.1, -0.05) is 35.3 Å². The molecular weight excluding hydrogens is 322 g/mol. The molecule has 0 amide bonds. The molecule has 102 valence electrons. The van der Waals surface area contributed by atoms with E-state index < -0.39 is 5.82 Å². The van der Waals surface area contributed by atoms with Gasteiger partial charge in [-0.05, 0) is 24.3 Å². The number of hydrogen-bond acceptors (Lipinski definition) is 1. The summed E-state index contributed by atoms with van der Waals surface area (Å²) in [4.78, 5) is 4.43. The minimum atomic E-state index is -0.486. The first-order valence-electron chi connectivity index (χ1n) is 5.79. The summed E-state index contributed by atoms with van der Waals surface area (Å²) in [5, 5.41) is 0.425. The Morgan fingerprint density at radius 3 is 2.40 bits per heavy atom. The molecule has 0 radical (unpaired) electrons. The quantitative estimate of drug-likeness (QED) is 0.590. The molecule has 0 N–H and O–H groups in total. The van der Waals surface area contributed by atoms with Crippen LogP contribution in [0.5, 0.6) is 0 Å². The van der Waals surface area contributed by atoms with Crippen LogP contribution < -0.4 is 0 Å². The van der Waals surface area contributed by atoms with Gasteiger partial charge in [0.25, 0.3) is 0 Å². The summed E-state index contributed by atoms with van der Waals surface area (Å²) >= 11 is 18.2. The van der Waals surface area contributed by atoms with E-state index in [4.69, 9.17) is 34.8 Å². The highest BCUT2D eigenvalue weighted by atomic mass is 35.5. The first kappa shape index (κ1) is 13.7. The van der Waals surface area contributed by atoms with Gasteiger partial charge in [-0.3, -0.25) is 4.57 Å². The van der Waals surface area contributed by atoms with Crippen molar-refractivity contribution in [3.8, 4) is 5.69 Å². The summed E-state index contributed by atoms with van der Waals surface area (Å²) in [5.41, 5.74) is 2.08. The lowest BCUT2D eigenvalue weighted by Crippen LogP contribution is -2.01. The predicted molar refractivity (Wildman–Crippen MR) is 80.6 cm³/mol. The number of alkyl halides is 1. The third-order valence-corrected chi connectivity index (χ3v) is 3.77. The van der Waals surface area contributed by atoms with E-state index in [1.165, 1.54) is 12.1 Å². The summed E-state index contributed by atoms with van der Waals surface area (Å²) in [6.07, 6.45) is 0. The molecule has 3 aromatic rings. The Hall–Kier alpha value is -1.29. The van der Waals surface area contributed by atoms with E-state index in [0.717, 1.165) is 11.0 Å². The lowest BCUT2D eigenvalue weighted by molar-refractivity contribution is 0.627. The normalized spacial score (nSPS) is 11.2. The molecule has 3 rings (SSSR count). The van der Waals surface area contributed by atoms with Crippen LogP contribution in [0.15, 0.2) is 36.4 Å². The highest BCUT2D eigenvalue weighted by Gasteiger charge is 2.17. The predicted octanol–water partition coefficient (Wildman–Crippen LogP) is 5.21. The maximum Gasteiger partial charge on any atom is 0.129 e. The van der Waals surface area contributed by atoms with Gasteiger partial charge in [0.05, 0.1) is 32.6 Å². The molecule has 2 aromatic carbocycles. The molecule has 0 saturated carbocycles. The summed E-state index contributed by atoms with van der Waals surface area (Å²) < 4.78 is 15.1. The molecule has 0 bridgehead atoms. The third-order valence-electron chi connectivity index (χ3n) is 2.96. The van der Waals surface area contributed by atoms with Crippen molar-refractivity contribution in [2.45, 2.75) is 5.88 Å². The molecule has 0 atom stereocenters. The van der Waals surface area contributed by atoms with E-state index in [1.807, 2.05) is 24.3 Å². The fourth-order valence-corrected chi connectivity index (χ4v) is 2.97. The van der Waals surface area contributed by atoms with Crippen molar-refractivity contribution in [1.82, 2.24) is 9.55 Å². The van der Waals surface area contributed by atoms with E-state index in [2.05, 4.69) is 4.98 Å². The lowest BCUT2D eigenvalue weighted by Gasteiger charge is -2.12. The lowest BCUT2D eigenvalue weighted by atomic mass is 10.2. The SMILES string of the molecule is Fc1cc(Cl)c(-n2c(CCl)nc3ccccc32)c(Cl)c1. The zero-order chi connectivity index (χ0) is 14.3. The third kappa shape index (κ3) is 2.16. The first-order chi connectivity index (χ1) is 9.61. The zero-order valence-electron chi connectivity index (χ0n) is 10.1. The van der Waals surface area contributed by atoms with Crippen LogP contribution in [0.3, 0.4) is 0 Å². The molecule has 6 heteroatoms. The van der Waals surface area contributed by atoms with Crippen molar-refractivity contribution in [3.05, 3.63) is 58.1 Å². The number of hydrogen-bond donors (Lipinski definition) is 0. The molecule has 0 aliphatic carbocycles. The molecule has 0 fully saturated rings. The number of para-hydroxylation sites is 2. The van der Waals surface area contributed by atoms with Crippen LogP contribution in [0.2, 0.25) is 10.0 Å². The monoisotopic (exact) mass is 328 g/mol. The number of fused-ring (bicyclic) bond motifs is 1. The topological polar surface area (TPSA) is 17.8 Å². The molecule has 20 heavy (non-hydrogen) atoms. The Bertz CT molecular complexity index is 775. The molecule has 1 aromatic heterocycles. The smallest absolute Gasteiger partial charge is 0.129 e. The molecular formula is C14H8Cl3FN2. The van der Waals surface area contributed by atoms with Gasteiger partial charge >= 0.3 is 0 Å². The number of nitrogens with zero attached hydrogens (tertiary/aromatic N) is 2. The van der Waals surface area contributed by atoms with Crippen LogP contribution in [0.25, 0.3) is 16.7 Å². The van der Waals surface area contributed by atoms with Crippen LogP contribution in [-0.2, 0) is 5.88 Å². The van der Waals surface area contributed by atoms with Crippen molar-refractivity contribution in [2.75, 3.05) is 0 Å². The highest BCUT2D eigenvalue weighted by Crippen LogP contribution is 2.33. The highest BCUT2D eigenvalue weighted by molar-refractivity contribution is 6.38. The van der Waals surface area contributed by atoms with Crippen molar-refractivity contribution < 1.29 is 4.39 Å². The Morgan fingerprint density at radius 2 is 1.75 bits per heavy atom. The van der Waals surface area contributed by atoms with E-state index >= 15 is 0 Å². The molecule has 0 aliphatic rings. The van der Waals surface area contributed by atoms with Crippen LogP contribution in [-0.4, -0.2) is 9.55 Å². The van der Waals surface area contributed by atoms with E-state index in [1.54, 1.807) is 4.57 Å². The number of halogens is 4. The van der Waals surface area contributed by atoms with Gasteiger partial charge in [0, 0.05) is 0 Å². The standard InChI is InChI=1S/C14H8Cl3FN2/c15-7-13-19-11-3-1-2-4-12(11)20(13)14-9(16)5-8(18)6-10(14)17/h1-6H,7H2. The van der Waals surface area contributed by atoms with Crippen LogP contribution in [0.4, 0.5) is 4.39 Å². The number of rotatable bonds is 2. The van der Waals surface area contributed by atoms with Crippen LogP contribution >= 0.6 is 34.8 Å². The van der Waals surface area contributed by atoms with Gasteiger partial charge < -0.3 is 0 Å². The largest absolute Gasteiger partial charge is 0.292 e. The second-order valence-electron chi connectivity index (χ2n) is 4.20.